The number of guanidine groups is 1. The molecule has 1 saturated carbocycles. The monoisotopic (exact) mass is 437 g/mol. The number of ether oxygens (including phenoxy) is 1. The molecule has 0 amide bonds. The number of aliphatic hydroxyl groups excluding tert-OH is 1. The summed E-state index contributed by atoms with van der Waals surface area (Å²) in [5.41, 5.74) is 0. The lowest BCUT2D eigenvalue weighted by Gasteiger charge is -2.13. The van der Waals surface area contributed by atoms with Crippen LogP contribution in [0.1, 0.15) is 25.5 Å². The minimum atomic E-state index is -0.556. The molecule has 1 atom stereocenters. The smallest absolute Gasteiger partial charge is 0.191 e. The second-order valence-electron chi connectivity index (χ2n) is 5.61. The molecule has 1 heterocycles. The van der Waals surface area contributed by atoms with E-state index in [9.17, 15) is 5.11 Å². The lowest BCUT2D eigenvalue weighted by atomic mass is 10.3. The predicted octanol–water partition coefficient (Wildman–Crippen LogP) is 1.78. The van der Waals surface area contributed by atoms with Crippen molar-refractivity contribution in [3.63, 3.8) is 0 Å². The summed E-state index contributed by atoms with van der Waals surface area (Å²) in [5.74, 6) is 2.36. The molecule has 23 heavy (non-hydrogen) atoms. The van der Waals surface area contributed by atoms with E-state index in [0.29, 0.717) is 19.1 Å². The van der Waals surface area contributed by atoms with E-state index in [1.165, 1.54) is 12.8 Å². The van der Waals surface area contributed by atoms with Crippen LogP contribution >= 0.6 is 24.0 Å². The Balaban J connectivity index is 0.00000264. The van der Waals surface area contributed by atoms with Crippen molar-refractivity contribution in [2.45, 2.75) is 32.3 Å². The summed E-state index contributed by atoms with van der Waals surface area (Å²) in [6.07, 6.45) is 4.44. The number of aliphatic imine (C=N–C) groups is 1. The van der Waals surface area contributed by atoms with Crippen LogP contribution in [-0.2, 0) is 11.2 Å². The van der Waals surface area contributed by atoms with Crippen molar-refractivity contribution >= 4 is 29.9 Å². The van der Waals surface area contributed by atoms with E-state index in [-0.39, 0.29) is 24.0 Å². The molecule has 0 spiro atoms. The van der Waals surface area contributed by atoms with Gasteiger partial charge in [-0.2, -0.15) is 0 Å². The lowest BCUT2D eigenvalue weighted by molar-refractivity contribution is 0.0368. The first-order valence-corrected chi connectivity index (χ1v) is 8.08. The Morgan fingerprint density at radius 1 is 1.48 bits per heavy atom. The van der Waals surface area contributed by atoms with Crippen molar-refractivity contribution in [2.24, 2.45) is 10.9 Å². The van der Waals surface area contributed by atoms with Gasteiger partial charge in [0.25, 0.3) is 0 Å². The minimum Gasteiger partial charge on any atom is -0.469 e. The number of aliphatic hydroxyl groups is 1. The zero-order chi connectivity index (χ0) is 15.6. The maximum absolute atomic E-state index is 9.87. The second-order valence-corrected chi connectivity index (χ2v) is 5.61. The van der Waals surface area contributed by atoms with E-state index >= 15 is 0 Å². The van der Waals surface area contributed by atoms with Gasteiger partial charge >= 0.3 is 0 Å². The van der Waals surface area contributed by atoms with E-state index in [4.69, 9.17) is 9.15 Å². The van der Waals surface area contributed by atoms with Gasteiger partial charge in [0.05, 0.1) is 25.5 Å². The highest BCUT2D eigenvalue weighted by Crippen LogP contribution is 2.28. The Kier molecular flexibility index (Phi) is 10.3. The van der Waals surface area contributed by atoms with Gasteiger partial charge in [0.2, 0.25) is 0 Å². The average molecular weight is 437 g/mol. The van der Waals surface area contributed by atoms with Crippen molar-refractivity contribution < 1.29 is 14.3 Å². The van der Waals surface area contributed by atoms with E-state index < -0.39 is 6.10 Å². The number of nitrogens with one attached hydrogen (secondary N) is 2. The molecule has 1 aromatic heterocycles. The van der Waals surface area contributed by atoms with Crippen molar-refractivity contribution in [2.75, 3.05) is 32.8 Å². The lowest BCUT2D eigenvalue weighted by Crippen LogP contribution is -2.39. The summed E-state index contributed by atoms with van der Waals surface area (Å²) in [5, 5.41) is 16.3. The maximum Gasteiger partial charge on any atom is 0.191 e. The third-order valence-corrected chi connectivity index (χ3v) is 3.41. The molecule has 1 unspecified atom stereocenters. The molecular weight excluding hydrogens is 409 g/mol. The molecule has 0 aliphatic heterocycles. The molecule has 7 heteroatoms. The van der Waals surface area contributed by atoms with Gasteiger partial charge in [-0.3, -0.25) is 4.99 Å². The molecule has 3 N–H and O–H groups in total. The molecule has 1 fully saturated rings. The molecule has 0 aromatic carbocycles. The first-order valence-electron chi connectivity index (χ1n) is 8.08. The van der Waals surface area contributed by atoms with E-state index in [1.807, 2.05) is 19.1 Å². The van der Waals surface area contributed by atoms with Crippen LogP contribution < -0.4 is 10.6 Å². The van der Waals surface area contributed by atoms with Gasteiger partial charge in [0.1, 0.15) is 5.76 Å². The van der Waals surface area contributed by atoms with Crippen molar-refractivity contribution in [3.05, 3.63) is 24.2 Å². The highest BCUT2D eigenvalue weighted by Gasteiger charge is 2.21. The molecular formula is C16H28IN3O3. The molecule has 0 bridgehead atoms. The van der Waals surface area contributed by atoms with Crippen LogP contribution in [0.4, 0.5) is 0 Å². The molecule has 1 aliphatic carbocycles. The Morgan fingerprint density at radius 2 is 2.30 bits per heavy atom. The summed E-state index contributed by atoms with van der Waals surface area (Å²) in [4.78, 5) is 4.38. The van der Waals surface area contributed by atoms with Crippen LogP contribution in [0.5, 0.6) is 0 Å². The van der Waals surface area contributed by atoms with Gasteiger partial charge in [0, 0.05) is 26.1 Å². The third-order valence-electron chi connectivity index (χ3n) is 3.41. The molecule has 1 aromatic rings. The van der Waals surface area contributed by atoms with E-state index in [2.05, 4.69) is 15.6 Å². The van der Waals surface area contributed by atoms with Crippen LogP contribution in [0.3, 0.4) is 0 Å². The maximum atomic E-state index is 9.87. The van der Waals surface area contributed by atoms with Gasteiger partial charge in [-0.1, -0.05) is 0 Å². The fourth-order valence-corrected chi connectivity index (χ4v) is 2.01. The number of halogens is 1. The van der Waals surface area contributed by atoms with Crippen molar-refractivity contribution in [3.8, 4) is 0 Å². The van der Waals surface area contributed by atoms with Crippen LogP contribution in [-0.4, -0.2) is 50.0 Å². The fraction of sp³-hybridized carbons (Fsp3) is 0.688. The zero-order valence-electron chi connectivity index (χ0n) is 13.7. The molecule has 132 valence electrons. The molecule has 1 aliphatic rings. The van der Waals surface area contributed by atoms with Gasteiger partial charge in [-0.25, -0.2) is 0 Å². The van der Waals surface area contributed by atoms with Crippen LogP contribution in [0.15, 0.2) is 27.8 Å². The predicted molar refractivity (Wildman–Crippen MR) is 101 cm³/mol. The second kappa shape index (κ2) is 11.7. The average Bonchev–Trinajstić information content (AvgIpc) is 3.18. The topological polar surface area (TPSA) is 79.0 Å². The zero-order valence-corrected chi connectivity index (χ0v) is 16.0. The third kappa shape index (κ3) is 9.17. The quantitative estimate of drug-likeness (QED) is 0.296. The summed E-state index contributed by atoms with van der Waals surface area (Å²) < 4.78 is 10.8. The molecule has 2 rings (SSSR count). The highest BCUT2D eigenvalue weighted by atomic mass is 127. The Hall–Kier alpha value is -0.800. The minimum absolute atomic E-state index is 0. The molecule has 0 saturated heterocycles. The van der Waals surface area contributed by atoms with Crippen LogP contribution in [0.25, 0.3) is 0 Å². The standard InChI is InChI=1S/C16H27N3O3.HI/c1-2-17-16(18-8-7-15-4-3-9-22-15)19-10-14(20)12-21-11-13-5-6-13;/h3-4,9,13-14,20H,2,5-8,10-12H2,1H3,(H2,17,18,19);1H. The van der Waals surface area contributed by atoms with Crippen LogP contribution in [0.2, 0.25) is 0 Å². The van der Waals surface area contributed by atoms with Gasteiger partial charge < -0.3 is 24.9 Å². The van der Waals surface area contributed by atoms with E-state index in [1.54, 1.807) is 6.26 Å². The SMILES string of the molecule is CCNC(=NCC(O)COCC1CC1)NCCc1ccco1.I. The number of hydrogen-bond donors (Lipinski definition) is 3. The summed E-state index contributed by atoms with van der Waals surface area (Å²) in [6.45, 7) is 4.97. The van der Waals surface area contributed by atoms with Crippen molar-refractivity contribution in [1.82, 2.24) is 10.6 Å². The first-order chi connectivity index (χ1) is 10.8. The number of rotatable bonds is 10. The summed E-state index contributed by atoms with van der Waals surface area (Å²) in [6, 6.07) is 3.83. The Bertz CT molecular complexity index is 436. The largest absolute Gasteiger partial charge is 0.469 e. The van der Waals surface area contributed by atoms with Crippen LogP contribution in [0, 0.1) is 5.92 Å². The molecule has 6 nitrogen and oxygen atoms in total. The Labute approximate surface area is 155 Å². The number of furan rings is 1. The van der Waals surface area contributed by atoms with Gasteiger partial charge in [-0.05, 0) is 37.8 Å². The van der Waals surface area contributed by atoms with Crippen molar-refractivity contribution in [1.29, 1.82) is 0 Å². The number of nitrogens with zero attached hydrogens (tertiary/aromatic N) is 1. The molecule has 0 radical (unpaired) electrons. The fourth-order valence-electron chi connectivity index (χ4n) is 2.01. The summed E-state index contributed by atoms with van der Waals surface area (Å²) >= 11 is 0. The summed E-state index contributed by atoms with van der Waals surface area (Å²) in [7, 11) is 0. The Morgan fingerprint density at radius 3 is 2.96 bits per heavy atom. The normalized spacial score (nSPS) is 15.8. The van der Waals surface area contributed by atoms with Gasteiger partial charge in [0.15, 0.2) is 5.96 Å². The van der Waals surface area contributed by atoms with Gasteiger partial charge in [-0.15, -0.1) is 24.0 Å². The first kappa shape index (κ1) is 20.2. The number of hydrogen-bond acceptors (Lipinski definition) is 4. The van der Waals surface area contributed by atoms with E-state index in [0.717, 1.165) is 37.8 Å². The highest BCUT2D eigenvalue weighted by molar-refractivity contribution is 14.0.